The maximum absolute atomic E-state index is 15.0. The number of rotatable bonds is 22. The molecular weight excluding hydrogens is 907 g/mol. The number of halogens is 1. The lowest BCUT2D eigenvalue weighted by atomic mass is 9.99. The maximum atomic E-state index is 15.0. The Morgan fingerprint density at radius 2 is 1.64 bits per heavy atom. The number of carbonyl (C=O) groups excluding carboxylic acids is 7. The summed E-state index contributed by atoms with van der Waals surface area (Å²) < 4.78 is 15.2. The number of nitro groups is 1. The van der Waals surface area contributed by atoms with Crippen LogP contribution in [0.2, 0.25) is 0 Å². The fourth-order valence-electron chi connectivity index (χ4n) is 7.20. The van der Waals surface area contributed by atoms with Crippen LogP contribution < -0.4 is 43.8 Å². The van der Waals surface area contributed by atoms with Gasteiger partial charge in [-0.1, -0.05) is 42.0 Å². The van der Waals surface area contributed by atoms with Crippen LogP contribution in [0.15, 0.2) is 59.7 Å². The van der Waals surface area contributed by atoms with Crippen LogP contribution in [0.5, 0.6) is 0 Å². The van der Waals surface area contributed by atoms with E-state index in [2.05, 4.69) is 41.9 Å². The molecule has 1 aliphatic heterocycles. The molecule has 0 saturated carbocycles. The van der Waals surface area contributed by atoms with Crippen LogP contribution in [0.25, 0.3) is 0 Å². The molecule has 0 unspecified atom stereocenters. The second-order valence-electron chi connectivity index (χ2n) is 16.0. The van der Waals surface area contributed by atoms with Gasteiger partial charge in [0, 0.05) is 37.6 Å². The molecule has 2 aromatic carbocycles. The molecule has 3 aromatic rings. The number of hydrogen-bond donors (Lipinski definition) is 9. The van der Waals surface area contributed by atoms with Crippen LogP contribution in [0.3, 0.4) is 0 Å². The quantitative estimate of drug-likeness (QED) is 0.0192. The molecule has 1 fully saturated rings. The molecule has 0 bridgehead atoms. The molecule has 2 heterocycles. The Labute approximate surface area is 394 Å². The Morgan fingerprint density at radius 1 is 0.899 bits per heavy atom. The topological polar surface area (TPSA) is 384 Å². The number of aliphatic carboxylic acids is 1. The van der Waals surface area contributed by atoms with E-state index in [-0.39, 0.29) is 76.1 Å². The van der Waals surface area contributed by atoms with E-state index >= 15 is 0 Å². The van der Waals surface area contributed by atoms with Gasteiger partial charge in [-0.25, -0.2) is 0 Å². The van der Waals surface area contributed by atoms with E-state index in [4.69, 9.17) is 17.2 Å². The maximum Gasteiger partial charge on any atom is 0.305 e. The molecular formula is C43H57FN14O11. The Hall–Kier alpha value is -7.90. The number of unbranched alkanes of at least 4 members (excludes halogenated alkanes) is 3. The predicted molar refractivity (Wildman–Crippen MR) is 242 cm³/mol. The van der Waals surface area contributed by atoms with Gasteiger partial charge in [-0.2, -0.15) is 4.39 Å². The average molecular weight is 964 g/mol. The Balaban J connectivity index is 1.59. The fraction of sp³-hybridized carbons (Fsp3) is 0.465. The van der Waals surface area contributed by atoms with Crippen molar-refractivity contribution < 1.29 is 52.8 Å². The number of benzene rings is 2. The molecule has 0 radical (unpaired) electrons. The number of imide groups is 1. The smallest absolute Gasteiger partial charge is 0.305 e. The normalized spacial score (nSPS) is 18.1. The van der Waals surface area contributed by atoms with Gasteiger partial charge in [0.2, 0.25) is 35.4 Å². The van der Waals surface area contributed by atoms with Crippen LogP contribution in [0, 0.1) is 15.9 Å². The first-order chi connectivity index (χ1) is 33.0. The monoisotopic (exact) mass is 963 g/mol. The van der Waals surface area contributed by atoms with Crippen LogP contribution in [0.4, 0.5) is 10.1 Å². The van der Waals surface area contributed by atoms with Crippen LogP contribution in [-0.4, -0.2) is 127 Å². The minimum Gasteiger partial charge on any atom is -0.481 e. The number of aryl methyl sites for hydroxylation is 1. The van der Waals surface area contributed by atoms with E-state index in [0.717, 1.165) is 23.1 Å². The second-order valence-corrected chi connectivity index (χ2v) is 16.0. The molecule has 1 aromatic heterocycles. The summed E-state index contributed by atoms with van der Waals surface area (Å²) in [5.41, 5.74) is 16.6. The van der Waals surface area contributed by atoms with Crippen molar-refractivity contribution in [1.82, 2.24) is 46.5 Å². The molecule has 25 nitrogen and oxygen atoms in total. The zero-order valence-electron chi connectivity index (χ0n) is 37.6. The van der Waals surface area contributed by atoms with Gasteiger partial charge < -0.3 is 48.9 Å². The standard InChI is InChI=1S/C43H57FN14O11/c44-29-16-15-27(21-34(29)58(68)69)38(63)49-23-28-25-56(55-54-28)19-8-2-5-14-36(60)57-33(13-6-7-17-45)41(66)52-30(12-9-18-48-43(46)47)39(64)50-24-35(59)51-31(22-37(61)62)40(65)53-32(42(57)67)20-26-10-3-1-4-11-26/h1,3-4,10-11,15-16,21,25,30-33H,2,5-9,12-14,17-20,22-24,45H2,(H,49,63)(H,50,64)(H,51,59)(H,52,66)(H,53,65)(H,61,62)(H4,46,47,48)/t30-,31-,32-,33-/m0/s1/i44-1. The van der Waals surface area contributed by atoms with Crippen LogP contribution in [0.1, 0.15) is 85.8 Å². The Morgan fingerprint density at radius 3 is 2.33 bits per heavy atom. The molecule has 4 rings (SSSR count). The van der Waals surface area contributed by atoms with Gasteiger partial charge in [-0.15, -0.1) is 5.10 Å². The van der Waals surface area contributed by atoms with Crippen molar-refractivity contribution in [3.05, 3.63) is 87.5 Å². The molecule has 1 aliphatic rings. The first-order valence-electron chi connectivity index (χ1n) is 22.1. The SMILES string of the molecule is NCCCC[C@H]1C(=O)N[C@@H](CCCN=C(N)N)C(=O)NCC(=O)N[C@@H](CC(=O)O)C(=O)N[C@@H](Cc2ccccc2)C(=O)N1C(=O)CCCCCn1cc(CNC(=O)c2ccc([18F])c([N+](=O)[O-])c2)nn1. The lowest BCUT2D eigenvalue weighted by Gasteiger charge is -2.34. The number of nitrogens with two attached hydrogens (primary N) is 3. The van der Waals surface area contributed by atoms with Gasteiger partial charge in [0.25, 0.3) is 11.8 Å². The summed E-state index contributed by atoms with van der Waals surface area (Å²) in [4.78, 5) is 124. The van der Waals surface area contributed by atoms with Crippen molar-refractivity contribution in [2.24, 2.45) is 22.2 Å². The molecule has 69 heavy (non-hydrogen) atoms. The van der Waals surface area contributed by atoms with Crippen molar-refractivity contribution in [3.63, 3.8) is 0 Å². The highest BCUT2D eigenvalue weighted by atomic mass is 18.2. The number of hydrogen-bond acceptors (Lipinski definition) is 14. The summed E-state index contributed by atoms with van der Waals surface area (Å²) in [7, 11) is 0. The van der Waals surface area contributed by atoms with Gasteiger partial charge in [-0.05, 0) is 69.2 Å². The van der Waals surface area contributed by atoms with Gasteiger partial charge >= 0.3 is 11.7 Å². The van der Waals surface area contributed by atoms with Crippen molar-refractivity contribution >= 4 is 59.0 Å². The number of nitrogens with zero attached hydrogens (tertiary/aromatic N) is 6. The molecule has 1 saturated heterocycles. The van der Waals surface area contributed by atoms with Crippen molar-refractivity contribution in [2.45, 2.75) is 108 Å². The molecule has 0 spiro atoms. The summed E-state index contributed by atoms with van der Waals surface area (Å²) in [6.45, 7) is -0.257. The zero-order chi connectivity index (χ0) is 50.5. The third-order valence-electron chi connectivity index (χ3n) is 10.7. The zero-order valence-corrected chi connectivity index (χ0v) is 37.6. The van der Waals surface area contributed by atoms with Gasteiger partial charge in [0.15, 0.2) is 5.96 Å². The number of aromatic nitrogens is 3. The third-order valence-corrected chi connectivity index (χ3v) is 10.7. The highest BCUT2D eigenvalue weighted by Gasteiger charge is 2.40. The van der Waals surface area contributed by atoms with Crippen molar-refractivity contribution in [2.75, 3.05) is 19.6 Å². The second kappa shape index (κ2) is 27.0. The van der Waals surface area contributed by atoms with Crippen LogP contribution in [-0.2, 0) is 53.1 Å². The lowest BCUT2D eigenvalue weighted by molar-refractivity contribution is -0.387. The number of nitrogens with one attached hydrogen (secondary N) is 5. The van der Waals surface area contributed by atoms with Gasteiger partial charge in [0.05, 0.1) is 30.6 Å². The molecule has 4 atom stereocenters. The lowest BCUT2D eigenvalue weighted by Crippen LogP contribution is -2.61. The van der Waals surface area contributed by atoms with Crippen molar-refractivity contribution in [3.8, 4) is 0 Å². The third kappa shape index (κ3) is 17.4. The number of guanidine groups is 1. The minimum absolute atomic E-state index is 0.0580. The number of amides is 7. The van der Waals surface area contributed by atoms with E-state index in [1.165, 1.54) is 4.68 Å². The summed E-state index contributed by atoms with van der Waals surface area (Å²) in [6, 6.07) is 4.96. The predicted octanol–water partition coefficient (Wildman–Crippen LogP) is -0.976. The molecule has 0 aliphatic carbocycles. The summed E-state index contributed by atoms with van der Waals surface area (Å²) in [5.74, 6) is -9.02. The molecule has 7 amide bonds. The van der Waals surface area contributed by atoms with Crippen molar-refractivity contribution in [1.29, 1.82) is 0 Å². The highest BCUT2D eigenvalue weighted by Crippen LogP contribution is 2.20. The Kier molecular flexibility index (Phi) is 21.1. The highest BCUT2D eigenvalue weighted by molar-refractivity contribution is 6.05. The average Bonchev–Trinajstić information content (AvgIpc) is 3.77. The van der Waals surface area contributed by atoms with E-state index in [1.807, 2.05) is 0 Å². The van der Waals surface area contributed by atoms with Gasteiger partial charge in [0.1, 0.15) is 29.9 Å². The molecule has 12 N–H and O–H groups in total. The summed E-state index contributed by atoms with van der Waals surface area (Å²) >= 11 is 0. The largest absolute Gasteiger partial charge is 0.481 e. The van der Waals surface area contributed by atoms with E-state index in [9.17, 15) is 58.0 Å². The summed E-state index contributed by atoms with van der Waals surface area (Å²) in [6.07, 6.45) is 1.82. The number of aliphatic imine (C=N–C) groups is 1. The minimum atomic E-state index is -1.73. The number of carbonyl (C=O) groups is 8. The molecule has 372 valence electrons. The number of carboxylic acid groups (broad SMARTS) is 1. The van der Waals surface area contributed by atoms with E-state index in [1.54, 1.807) is 36.5 Å². The number of carboxylic acids is 1. The van der Waals surface area contributed by atoms with Crippen LogP contribution >= 0.6 is 0 Å². The fourth-order valence-corrected chi connectivity index (χ4v) is 7.20. The van der Waals surface area contributed by atoms with Gasteiger partial charge in [-0.3, -0.25) is 63.0 Å². The first-order valence-corrected chi connectivity index (χ1v) is 22.1. The van der Waals surface area contributed by atoms with E-state index in [0.29, 0.717) is 37.1 Å². The first kappa shape index (κ1) is 53.7. The number of nitro benzene ring substituents is 1. The Bertz CT molecular complexity index is 2340. The van der Waals surface area contributed by atoms with E-state index < -0.39 is 101 Å². The molecule has 26 heteroatoms. The summed E-state index contributed by atoms with van der Waals surface area (Å²) in [5, 5.41) is 41.2.